The van der Waals surface area contributed by atoms with E-state index in [1.165, 1.54) is 11.2 Å². The standard InChI is InChI=1S/C22H19N3O6/c26-20(24-17-7-1-2-8-18(17)25-10-12-30-22(25)28)14-31-16-6-3-5-15(13-16)23-21(27)19-9-4-11-29-19/h1-9,11,13H,10,12,14H2,(H,23,27)(H,24,26). The summed E-state index contributed by atoms with van der Waals surface area (Å²) < 4.78 is 15.6. The van der Waals surface area contributed by atoms with Crippen molar-refractivity contribution in [2.75, 3.05) is 35.3 Å². The van der Waals surface area contributed by atoms with Crippen LogP contribution >= 0.6 is 0 Å². The normalized spacial score (nSPS) is 12.9. The van der Waals surface area contributed by atoms with Crippen LogP contribution in [-0.2, 0) is 9.53 Å². The fourth-order valence-corrected chi connectivity index (χ4v) is 3.03. The van der Waals surface area contributed by atoms with Crippen LogP contribution in [0.2, 0.25) is 0 Å². The number of benzene rings is 2. The summed E-state index contributed by atoms with van der Waals surface area (Å²) in [5.74, 6) is -0.197. The monoisotopic (exact) mass is 421 g/mol. The third-order valence-electron chi connectivity index (χ3n) is 4.44. The molecule has 1 fully saturated rings. The van der Waals surface area contributed by atoms with Gasteiger partial charge in [0.25, 0.3) is 11.8 Å². The van der Waals surface area contributed by atoms with Crippen LogP contribution in [0.5, 0.6) is 5.75 Å². The predicted octanol–water partition coefficient (Wildman–Crippen LogP) is 3.51. The van der Waals surface area contributed by atoms with Gasteiger partial charge in [0.15, 0.2) is 12.4 Å². The van der Waals surface area contributed by atoms with Gasteiger partial charge >= 0.3 is 6.09 Å². The molecular weight excluding hydrogens is 402 g/mol. The van der Waals surface area contributed by atoms with Crippen LogP contribution in [0.25, 0.3) is 0 Å². The SMILES string of the molecule is O=C(COc1cccc(NC(=O)c2ccco2)c1)Nc1ccccc1N1CCOC1=O. The van der Waals surface area contributed by atoms with Gasteiger partial charge in [0, 0.05) is 11.8 Å². The van der Waals surface area contributed by atoms with E-state index in [1.54, 1.807) is 60.7 Å². The fraction of sp³-hybridized carbons (Fsp3) is 0.136. The Morgan fingerprint density at radius 3 is 2.68 bits per heavy atom. The first-order chi connectivity index (χ1) is 15.1. The fourth-order valence-electron chi connectivity index (χ4n) is 3.03. The van der Waals surface area contributed by atoms with Gasteiger partial charge in [-0.25, -0.2) is 4.79 Å². The molecule has 1 aliphatic rings. The van der Waals surface area contributed by atoms with Crippen LogP contribution < -0.4 is 20.3 Å². The molecule has 9 heteroatoms. The number of carbonyl (C=O) groups is 3. The number of rotatable bonds is 7. The largest absolute Gasteiger partial charge is 0.484 e. The van der Waals surface area contributed by atoms with Crippen molar-refractivity contribution in [1.82, 2.24) is 0 Å². The Labute approximate surface area is 177 Å². The van der Waals surface area contributed by atoms with Crippen LogP contribution in [0.15, 0.2) is 71.3 Å². The molecule has 0 unspecified atom stereocenters. The van der Waals surface area contributed by atoms with Gasteiger partial charge in [-0.15, -0.1) is 0 Å². The smallest absolute Gasteiger partial charge is 0.414 e. The molecule has 2 aromatic carbocycles. The van der Waals surface area contributed by atoms with E-state index in [-0.39, 0.29) is 12.4 Å². The maximum absolute atomic E-state index is 12.4. The molecule has 0 bridgehead atoms. The summed E-state index contributed by atoms with van der Waals surface area (Å²) in [6.07, 6.45) is 0.962. The lowest BCUT2D eigenvalue weighted by Gasteiger charge is -2.17. The number of nitrogens with zero attached hydrogens (tertiary/aromatic N) is 1. The first-order valence-electron chi connectivity index (χ1n) is 9.51. The van der Waals surface area contributed by atoms with E-state index in [4.69, 9.17) is 13.9 Å². The Hall–Kier alpha value is -4.27. The number of anilines is 3. The number of cyclic esters (lactones) is 1. The second kappa shape index (κ2) is 9.04. The molecule has 1 aromatic heterocycles. The van der Waals surface area contributed by atoms with Crippen LogP contribution in [-0.4, -0.2) is 37.7 Å². The molecule has 31 heavy (non-hydrogen) atoms. The van der Waals surface area contributed by atoms with Crippen molar-refractivity contribution < 1.29 is 28.3 Å². The van der Waals surface area contributed by atoms with Crippen LogP contribution in [0.4, 0.5) is 21.9 Å². The van der Waals surface area contributed by atoms with Crippen molar-refractivity contribution in [1.29, 1.82) is 0 Å². The summed E-state index contributed by atoms with van der Waals surface area (Å²) in [6.45, 7) is 0.462. The lowest BCUT2D eigenvalue weighted by atomic mass is 10.2. The van der Waals surface area contributed by atoms with Crippen molar-refractivity contribution in [3.8, 4) is 5.75 Å². The Kier molecular flexibility index (Phi) is 5.84. The quantitative estimate of drug-likeness (QED) is 0.604. The van der Waals surface area contributed by atoms with E-state index in [1.807, 2.05) is 0 Å². The predicted molar refractivity (Wildman–Crippen MR) is 112 cm³/mol. The summed E-state index contributed by atoms with van der Waals surface area (Å²) in [4.78, 5) is 37.8. The second-order valence-electron chi connectivity index (χ2n) is 6.58. The first kappa shape index (κ1) is 20.0. The van der Waals surface area contributed by atoms with Gasteiger partial charge in [0.05, 0.1) is 24.2 Å². The van der Waals surface area contributed by atoms with Gasteiger partial charge in [-0.05, 0) is 36.4 Å². The van der Waals surface area contributed by atoms with Crippen molar-refractivity contribution >= 4 is 35.0 Å². The average molecular weight is 421 g/mol. The van der Waals surface area contributed by atoms with E-state index in [0.29, 0.717) is 36.0 Å². The molecule has 3 aromatic rings. The molecule has 0 atom stereocenters. The summed E-state index contributed by atoms with van der Waals surface area (Å²) in [5.41, 5.74) is 1.53. The topological polar surface area (TPSA) is 110 Å². The van der Waals surface area contributed by atoms with Crippen molar-refractivity contribution in [2.45, 2.75) is 0 Å². The Balaban J connectivity index is 1.36. The summed E-state index contributed by atoms with van der Waals surface area (Å²) in [5, 5.41) is 5.44. The molecule has 9 nitrogen and oxygen atoms in total. The summed E-state index contributed by atoms with van der Waals surface area (Å²) >= 11 is 0. The van der Waals surface area contributed by atoms with Crippen LogP contribution in [0.3, 0.4) is 0 Å². The molecule has 2 N–H and O–H groups in total. The van der Waals surface area contributed by atoms with E-state index in [0.717, 1.165) is 0 Å². The zero-order valence-electron chi connectivity index (χ0n) is 16.4. The Bertz CT molecular complexity index is 1100. The highest BCUT2D eigenvalue weighted by molar-refractivity contribution is 6.02. The zero-order valence-corrected chi connectivity index (χ0v) is 16.4. The Morgan fingerprint density at radius 1 is 1.03 bits per heavy atom. The molecule has 158 valence electrons. The van der Waals surface area contributed by atoms with E-state index in [2.05, 4.69) is 10.6 Å². The van der Waals surface area contributed by atoms with Gasteiger partial charge < -0.3 is 24.5 Å². The zero-order chi connectivity index (χ0) is 21.6. The molecule has 0 radical (unpaired) electrons. The highest BCUT2D eigenvalue weighted by atomic mass is 16.6. The van der Waals surface area contributed by atoms with Crippen LogP contribution in [0, 0.1) is 0 Å². The molecular formula is C22H19N3O6. The second-order valence-corrected chi connectivity index (χ2v) is 6.58. The number of para-hydroxylation sites is 2. The van der Waals surface area contributed by atoms with Gasteiger partial charge in [-0.2, -0.15) is 0 Å². The minimum Gasteiger partial charge on any atom is -0.484 e. The summed E-state index contributed by atoms with van der Waals surface area (Å²) in [6, 6.07) is 16.8. The summed E-state index contributed by atoms with van der Waals surface area (Å²) in [7, 11) is 0. The number of ether oxygens (including phenoxy) is 2. The number of nitrogens with one attached hydrogen (secondary N) is 2. The highest BCUT2D eigenvalue weighted by Crippen LogP contribution is 2.28. The van der Waals surface area contributed by atoms with Crippen molar-refractivity contribution in [3.63, 3.8) is 0 Å². The Morgan fingerprint density at radius 2 is 1.90 bits per heavy atom. The van der Waals surface area contributed by atoms with Crippen LogP contribution in [0.1, 0.15) is 10.6 Å². The first-order valence-corrected chi connectivity index (χ1v) is 9.51. The molecule has 3 amide bonds. The molecule has 0 spiro atoms. The molecule has 4 rings (SSSR count). The number of furan rings is 1. The maximum Gasteiger partial charge on any atom is 0.414 e. The maximum atomic E-state index is 12.4. The minimum absolute atomic E-state index is 0.186. The lowest BCUT2D eigenvalue weighted by molar-refractivity contribution is -0.118. The molecule has 0 saturated carbocycles. The van der Waals surface area contributed by atoms with E-state index >= 15 is 0 Å². The minimum atomic E-state index is -0.452. The van der Waals surface area contributed by atoms with E-state index < -0.39 is 17.9 Å². The van der Waals surface area contributed by atoms with Gasteiger partial charge in [-0.3, -0.25) is 14.5 Å². The number of hydrogen-bond acceptors (Lipinski definition) is 6. The molecule has 1 saturated heterocycles. The number of hydrogen-bond donors (Lipinski definition) is 2. The highest BCUT2D eigenvalue weighted by Gasteiger charge is 2.26. The van der Waals surface area contributed by atoms with Crippen molar-refractivity contribution in [3.05, 3.63) is 72.7 Å². The average Bonchev–Trinajstić information content (AvgIpc) is 3.45. The molecule has 2 heterocycles. The van der Waals surface area contributed by atoms with Gasteiger partial charge in [-0.1, -0.05) is 18.2 Å². The van der Waals surface area contributed by atoms with Crippen molar-refractivity contribution in [2.24, 2.45) is 0 Å². The number of carbonyl (C=O) groups excluding carboxylic acids is 3. The van der Waals surface area contributed by atoms with E-state index in [9.17, 15) is 14.4 Å². The lowest BCUT2D eigenvalue weighted by Crippen LogP contribution is -2.26. The molecule has 1 aliphatic heterocycles. The molecule has 0 aliphatic carbocycles. The van der Waals surface area contributed by atoms with Gasteiger partial charge in [0.1, 0.15) is 12.4 Å². The third-order valence-corrected chi connectivity index (χ3v) is 4.44. The third kappa shape index (κ3) is 4.84. The number of amides is 3. The van der Waals surface area contributed by atoms with Gasteiger partial charge in [0.2, 0.25) is 0 Å².